The third kappa shape index (κ3) is 6.79. The van der Waals surface area contributed by atoms with Crippen molar-refractivity contribution < 1.29 is 0 Å². The van der Waals surface area contributed by atoms with E-state index in [2.05, 4.69) is 62.7 Å². The summed E-state index contributed by atoms with van der Waals surface area (Å²) in [6, 6.07) is 11.5. The van der Waals surface area contributed by atoms with Crippen LogP contribution in [0.4, 0.5) is 5.69 Å². The molecule has 158 valence electrons. The first-order valence-corrected chi connectivity index (χ1v) is 10.8. The molecule has 5 nitrogen and oxygen atoms in total. The van der Waals surface area contributed by atoms with Gasteiger partial charge in [-0.2, -0.15) is 0 Å². The molecule has 0 amide bonds. The number of benzene rings is 1. The number of hydrogen-bond acceptors (Lipinski definition) is 3. The predicted molar refractivity (Wildman–Crippen MR) is 131 cm³/mol. The Kier molecular flexibility index (Phi) is 10.4. The van der Waals surface area contributed by atoms with E-state index in [1.165, 1.54) is 44.3 Å². The van der Waals surface area contributed by atoms with Crippen LogP contribution in [0.2, 0.25) is 0 Å². The van der Waals surface area contributed by atoms with Gasteiger partial charge in [0.1, 0.15) is 0 Å². The fraction of sp³-hybridized carbons (Fsp3) is 0.682. The lowest BCUT2D eigenvalue weighted by molar-refractivity contribution is 0.147. The topological polar surface area (TPSA) is 42.9 Å². The molecule has 0 aliphatic carbocycles. The summed E-state index contributed by atoms with van der Waals surface area (Å²) in [5.41, 5.74) is 1.34. The summed E-state index contributed by atoms with van der Waals surface area (Å²) < 4.78 is 0. The molecule has 0 saturated carbocycles. The monoisotopic (exact) mass is 499 g/mol. The molecule has 2 atom stereocenters. The van der Waals surface area contributed by atoms with E-state index < -0.39 is 0 Å². The lowest BCUT2D eigenvalue weighted by Gasteiger charge is -2.35. The molecule has 2 fully saturated rings. The molecule has 2 heterocycles. The lowest BCUT2D eigenvalue weighted by Crippen LogP contribution is -2.46. The number of hydrogen-bond donors (Lipinski definition) is 2. The Morgan fingerprint density at radius 2 is 1.93 bits per heavy atom. The van der Waals surface area contributed by atoms with Gasteiger partial charge in [0.2, 0.25) is 0 Å². The highest BCUT2D eigenvalue weighted by atomic mass is 127. The Labute approximate surface area is 188 Å². The Morgan fingerprint density at radius 1 is 1.11 bits per heavy atom. The molecule has 2 aliphatic heterocycles. The van der Waals surface area contributed by atoms with E-state index >= 15 is 0 Å². The summed E-state index contributed by atoms with van der Waals surface area (Å²) in [6.45, 7) is 8.92. The number of likely N-dealkylation sites (tertiary alicyclic amines) is 1. The maximum absolute atomic E-state index is 4.41. The first kappa shape index (κ1) is 23.3. The molecule has 2 saturated heterocycles. The molecule has 0 radical (unpaired) electrons. The fourth-order valence-corrected chi connectivity index (χ4v) is 4.47. The summed E-state index contributed by atoms with van der Waals surface area (Å²) in [5.74, 6) is 1.62. The van der Waals surface area contributed by atoms with Crippen molar-refractivity contribution in [3.63, 3.8) is 0 Å². The highest BCUT2D eigenvalue weighted by Crippen LogP contribution is 2.23. The summed E-state index contributed by atoms with van der Waals surface area (Å²) >= 11 is 0. The largest absolute Gasteiger partial charge is 0.371 e. The van der Waals surface area contributed by atoms with E-state index in [1.54, 1.807) is 0 Å². The van der Waals surface area contributed by atoms with E-state index in [1.807, 2.05) is 7.05 Å². The number of anilines is 1. The van der Waals surface area contributed by atoms with Crippen LogP contribution in [-0.4, -0.2) is 63.2 Å². The van der Waals surface area contributed by atoms with Crippen LogP contribution in [0.15, 0.2) is 35.3 Å². The van der Waals surface area contributed by atoms with Crippen molar-refractivity contribution in [1.29, 1.82) is 0 Å². The number of nitrogens with one attached hydrogen (secondary N) is 2. The highest BCUT2D eigenvalue weighted by molar-refractivity contribution is 14.0. The molecule has 0 bridgehead atoms. The molecule has 2 aliphatic rings. The van der Waals surface area contributed by atoms with Crippen LogP contribution in [0.3, 0.4) is 0 Å². The first-order chi connectivity index (χ1) is 13.3. The molecule has 2 unspecified atom stereocenters. The smallest absolute Gasteiger partial charge is 0.191 e. The van der Waals surface area contributed by atoms with E-state index in [0.29, 0.717) is 5.92 Å². The molecule has 3 rings (SSSR count). The molecular formula is C22H38IN5. The number of aliphatic imine (C=N–C) groups is 1. The molecule has 6 heteroatoms. The van der Waals surface area contributed by atoms with Gasteiger partial charge in [-0.25, -0.2) is 0 Å². The summed E-state index contributed by atoms with van der Waals surface area (Å²) in [4.78, 5) is 9.55. The quantitative estimate of drug-likeness (QED) is 0.342. The lowest BCUT2D eigenvalue weighted by atomic mass is 10.0. The van der Waals surface area contributed by atoms with Crippen LogP contribution >= 0.6 is 24.0 Å². The van der Waals surface area contributed by atoms with Crippen LogP contribution in [-0.2, 0) is 0 Å². The maximum atomic E-state index is 4.41. The van der Waals surface area contributed by atoms with Crippen LogP contribution in [0.5, 0.6) is 0 Å². The minimum atomic E-state index is 0. The second kappa shape index (κ2) is 12.5. The van der Waals surface area contributed by atoms with Gasteiger partial charge >= 0.3 is 0 Å². The average Bonchev–Trinajstić information content (AvgIpc) is 3.20. The van der Waals surface area contributed by atoms with Crippen LogP contribution in [0, 0.1) is 5.92 Å². The molecule has 0 aromatic heterocycles. The number of halogens is 1. The second-order valence-corrected chi connectivity index (χ2v) is 7.91. The van der Waals surface area contributed by atoms with Gasteiger partial charge < -0.3 is 15.5 Å². The Morgan fingerprint density at radius 3 is 2.68 bits per heavy atom. The number of nitrogens with zero attached hydrogens (tertiary/aromatic N) is 3. The van der Waals surface area contributed by atoms with Crippen molar-refractivity contribution in [2.45, 2.75) is 45.1 Å². The van der Waals surface area contributed by atoms with E-state index in [4.69, 9.17) is 0 Å². The Balaban J connectivity index is 0.00000280. The van der Waals surface area contributed by atoms with Crippen molar-refractivity contribution in [1.82, 2.24) is 15.5 Å². The molecule has 0 spiro atoms. The SMILES string of the molecule is CCC1CCCCN1CCNC(=NC)NCC1CCN(c2ccccc2)C1.I. The first-order valence-electron chi connectivity index (χ1n) is 10.8. The molecular weight excluding hydrogens is 461 g/mol. The average molecular weight is 499 g/mol. The fourth-order valence-electron chi connectivity index (χ4n) is 4.47. The standard InChI is InChI=1S/C22H37N5.HI/c1-3-20-9-7-8-14-26(20)16-13-24-22(23-2)25-17-19-12-15-27(18-19)21-10-5-4-6-11-21;/h4-6,10-11,19-20H,3,7-9,12-18H2,1-2H3,(H2,23,24,25);1H. The Bertz CT molecular complexity index is 580. The van der Waals surface area contributed by atoms with Gasteiger partial charge in [0, 0.05) is 51.5 Å². The normalized spacial score (nSPS) is 23.4. The van der Waals surface area contributed by atoms with E-state index in [9.17, 15) is 0 Å². The summed E-state index contributed by atoms with van der Waals surface area (Å²) in [7, 11) is 1.87. The maximum Gasteiger partial charge on any atom is 0.191 e. The van der Waals surface area contributed by atoms with Crippen molar-refractivity contribution in [2.24, 2.45) is 10.9 Å². The third-order valence-electron chi connectivity index (χ3n) is 6.10. The molecule has 28 heavy (non-hydrogen) atoms. The molecule has 1 aromatic rings. The van der Waals surface area contributed by atoms with Gasteiger partial charge in [-0.15, -0.1) is 24.0 Å². The van der Waals surface area contributed by atoms with Crippen LogP contribution in [0.25, 0.3) is 0 Å². The second-order valence-electron chi connectivity index (χ2n) is 7.91. The summed E-state index contributed by atoms with van der Waals surface area (Å²) in [6.07, 6.45) is 6.62. The van der Waals surface area contributed by atoms with Gasteiger partial charge in [-0.3, -0.25) is 9.89 Å². The zero-order chi connectivity index (χ0) is 18.9. The van der Waals surface area contributed by atoms with Crippen molar-refractivity contribution in [2.75, 3.05) is 51.2 Å². The van der Waals surface area contributed by atoms with E-state index in [-0.39, 0.29) is 24.0 Å². The number of rotatable bonds is 7. The van der Waals surface area contributed by atoms with Gasteiger partial charge in [0.15, 0.2) is 5.96 Å². The minimum absolute atomic E-state index is 0. The van der Waals surface area contributed by atoms with Crippen molar-refractivity contribution in [3.05, 3.63) is 30.3 Å². The zero-order valence-electron chi connectivity index (χ0n) is 17.6. The van der Waals surface area contributed by atoms with Gasteiger partial charge in [0.05, 0.1) is 0 Å². The molecule has 1 aromatic carbocycles. The zero-order valence-corrected chi connectivity index (χ0v) is 19.9. The molecule has 2 N–H and O–H groups in total. The Hall–Kier alpha value is -1.02. The number of piperidine rings is 1. The predicted octanol–water partition coefficient (Wildman–Crippen LogP) is 3.56. The van der Waals surface area contributed by atoms with Gasteiger partial charge in [-0.05, 0) is 50.3 Å². The minimum Gasteiger partial charge on any atom is -0.371 e. The van der Waals surface area contributed by atoms with Crippen molar-refractivity contribution in [3.8, 4) is 0 Å². The number of para-hydroxylation sites is 1. The van der Waals surface area contributed by atoms with Gasteiger partial charge in [0.25, 0.3) is 0 Å². The van der Waals surface area contributed by atoms with Crippen molar-refractivity contribution >= 4 is 35.6 Å². The van der Waals surface area contributed by atoms with E-state index in [0.717, 1.165) is 44.7 Å². The summed E-state index contributed by atoms with van der Waals surface area (Å²) in [5, 5.41) is 7.05. The highest BCUT2D eigenvalue weighted by Gasteiger charge is 2.23. The van der Waals surface area contributed by atoms with Crippen LogP contribution in [0.1, 0.15) is 39.0 Å². The number of guanidine groups is 1. The third-order valence-corrected chi connectivity index (χ3v) is 6.10. The van der Waals surface area contributed by atoms with Gasteiger partial charge in [-0.1, -0.05) is 31.5 Å². The van der Waals surface area contributed by atoms with Crippen LogP contribution < -0.4 is 15.5 Å².